The maximum atomic E-state index is 13.3. The van der Waals surface area contributed by atoms with Gasteiger partial charge in [-0.05, 0) is 43.1 Å². The predicted molar refractivity (Wildman–Crippen MR) is 131 cm³/mol. The molecule has 0 N–H and O–H groups in total. The third-order valence-electron chi connectivity index (χ3n) is 6.40. The quantitative estimate of drug-likeness (QED) is 0.349. The SMILES string of the molecule is COCc1noc(CCN2CCC[C@@H]2Cn2nc(Cc3ccc(Cl)cc3)c3cnccc3c2=O)n1. The van der Waals surface area contributed by atoms with E-state index in [1.807, 2.05) is 24.3 Å². The van der Waals surface area contributed by atoms with E-state index in [4.69, 9.17) is 26.0 Å². The van der Waals surface area contributed by atoms with Gasteiger partial charge in [0.15, 0.2) is 5.82 Å². The van der Waals surface area contributed by atoms with Crippen molar-refractivity contribution in [3.05, 3.63) is 81.1 Å². The Hall–Kier alpha value is -3.14. The molecule has 4 aromatic rings. The smallest absolute Gasteiger partial charge is 0.274 e. The van der Waals surface area contributed by atoms with E-state index in [0.29, 0.717) is 48.1 Å². The molecule has 1 atom stereocenters. The molecule has 3 aromatic heterocycles. The largest absolute Gasteiger partial charge is 0.377 e. The van der Waals surface area contributed by atoms with E-state index >= 15 is 0 Å². The fraction of sp³-hybridized carbons (Fsp3) is 0.400. The second-order valence-electron chi connectivity index (χ2n) is 8.78. The molecule has 10 heteroatoms. The molecule has 0 aliphatic carbocycles. The zero-order valence-corrected chi connectivity index (χ0v) is 20.3. The van der Waals surface area contributed by atoms with Gasteiger partial charge in [0.25, 0.3) is 5.56 Å². The number of ether oxygens (including phenoxy) is 1. The van der Waals surface area contributed by atoms with Crippen molar-refractivity contribution < 1.29 is 9.26 Å². The standard InChI is InChI=1S/C25H27ClN6O3/c1-34-16-23-28-24(35-30-23)9-12-31-11-2-3-19(31)15-32-25(33)20-8-10-27-14-21(20)22(29-32)13-17-4-6-18(26)7-5-17/h4-8,10,14,19H,2-3,9,11-13,15-16H2,1H3/t19-/m1/s1. The highest BCUT2D eigenvalue weighted by Crippen LogP contribution is 2.21. The zero-order chi connectivity index (χ0) is 24.2. The lowest BCUT2D eigenvalue weighted by Gasteiger charge is -2.24. The van der Waals surface area contributed by atoms with Crippen LogP contribution in [0.15, 0.2) is 52.0 Å². The zero-order valence-electron chi connectivity index (χ0n) is 19.6. The number of hydrogen-bond acceptors (Lipinski definition) is 8. The number of likely N-dealkylation sites (tertiary alicyclic amines) is 1. The molecule has 0 spiro atoms. The number of pyridine rings is 1. The van der Waals surface area contributed by atoms with Gasteiger partial charge in [0.2, 0.25) is 5.89 Å². The molecule has 1 aliphatic rings. The number of halogens is 1. The first-order valence-corrected chi connectivity index (χ1v) is 12.1. The lowest BCUT2D eigenvalue weighted by atomic mass is 10.1. The van der Waals surface area contributed by atoms with Crippen molar-refractivity contribution in [2.24, 2.45) is 0 Å². The topological polar surface area (TPSA) is 99.2 Å². The van der Waals surface area contributed by atoms with Crippen molar-refractivity contribution in [1.29, 1.82) is 0 Å². The molecule has 0 saturated carbocycles. The van der Waals surface area contributed by atoms with E-state index < -0.39 is 0 Å². The maximum absolute atomic E-state index is 13.3. The van der Waals surface area contributed by atoms with Crippen LogP contribution in [0.4, 0.5) is 0 Å². The summed E-state index contributed by atoms with van der Waals surface area (Å²) in [6, 6.07) is 9.69. The average molecular weight is 495 g/mol. The van der Waals surface area contributed by atoms with Crippen molar-refractivity contribution in [2.45, 2.75) is 44.9 Å². The lowest BCUT2D eigenvalue weighted by Crippen LogP contribution is -2.38. The van der Waals surface area contributed by atoms with Crippen LogP contribution in [0.2, 0.25) is 5.02 Å². The summed E-state index contributed by atoms with van der Waals surface area (Å²) in [5.41, 5.74) is 1.82. The minimum absolute atomic E-state index is 0.0878. The van der Waals surface area contributed by atoms with Gasteiger partial charge in [0, 0.05) is 55.3 Å². The Balaban J connectivity index is 1.36. The van der Waals surface area contributed by atoms with Gasteiger partial charge < -0.3 is 9.26 Å². The third-order valence-corrected chi connectivity index (χ3v) is 6.65. The normalized spacial score (nSPS) is 16.3. The number of aromatic nitrogens is 5. The predicted octanol–water partition coefficient (Wildman–Crippen LogP) is 3.27. The second kappa shape index (κ2) is 10.6. The van der Waals surface area contributed by atoms with E-state index in [1.54, 1.807) is 30.3 Å². The Morgan fingerprint density at radius 1 is 1.20 bits per heavy atom. The Morgan fingerprint density at radius 3 is 2.89 bits per heavy atom. The molecule has 9 nitrogen and oxygen atoms in total. The summed E-state index contributed by atoms with van der Waals surface area (Å²) in [7, 11) is 1.60. The molecule has 1 aromatic carbocycles. The fourth-order valence-electron chi connectivity index (χ4n) is 4.66. The van der Waals surface area contributed by atoms with Crippen molar-refractivity contribution in [1.82, 2.24) is 29.8 Å². The van der Waals surface area contributed by atoms with Crippen LogP contribution in [0.25, 0.3) is 10.8 Å². The summed E-state index contributed by atoms with van der Waals surface area (Å²) in [4.78, 5) is 24.3. The van der Waals surface area contributed by atoms with Crippen LogP contribution in [0.3, 0.4) is 0 Å². The van der Waals surface area contributed by atoms with Crippen molar-refractivity contribution in [3.8, 4) is 0 Å². The lowest BCUT2D eigenvalue weighted by molar-refractivity contribution is 0.174. The van der Waals surface area contributed by atoms with E-state index in [9.17, 15) is 4.79 Å². The summed E-state index contributed by atoms with van der Waals surface area (Å²) in [5, 5.41) is 10.9. The van der Waals surface area contributed by atoms with Crippen LogP contribution in [0.5, 0.6) is 0 Å². The fourth-order valence-corrected chi connectivity index (χ4v) is 4.79. The van der Waals surface area contributed by atoms with E-state index in [0.717, 1.165) is 42.6 Å². The molecule has 1 saturated heterocycles. The van der Waals surface area contributed by atoms with Crippen LogP contribution >= 0.6 is 11.6 Å². The van der Waals surface area contributed by atoms with Crippen LogP contribution in [0.1, 0.15) is 35.8 Å². The summed E-state index contributed by atoms with van der Waals surface area (Å²) < 4.78 is 12.0. The van der Waals surface area contributed by atoms with Crippen LogP contribution in [0, 0.1) is 0 Å². The Labute approximate surface area is 207 Å². The van der Waals surface area contributed by atoms with E-state index in [2.05, 4.69) is 20.0 Å². The number of fused-ring (bicyclic) bond motifs is 1. The molecule has 35 heavy (non-hydrogen) atoms. The highest BCUT2D eigenvalue weighted by molar-refractivity contribution is 6.30. The maximum Gasteiger partial charge on any atom is 0.274 e. The van der Waals surface area contributed by atoms with Crippen LogP contribution < -0.4 is 5.56 Å². The molecule has 182 valence electrons. The Kier molecular flexibility index (Phi) is 7.17. The summed E-state index contributed by atoms with van der Waals surface area (Å²) in [5.74, 6) is 1.15. The van der Waals surface area contributed by atoms with Gasteiger partial charge >= 0.3 is 0 Å². The molecule has 5 rings (SSSR count). The van der Waals surface area contributed by atoms with Gasteiger partial charge in [0.1, 0.15) is 6.61 Å². The molecule has 4 heterocycles. The van der Waals surface area contributed by atoms with Crippen molar-refractivity contribution in [2.75, 3.05) is 20.2 Å². The minimum Gasteiger partial charge on any atom is -0.377 e. The molecule has 1 fully saturated rings. The van der Waals surface area contributed by atoms with Crippen LogP contribution in [-0.2, 0) is 30.7 Å². The van der Waals surface area contributed by atoms with Gasteiger partial charge in [-0.2, -0.15) is 10.1 Å². The minimum atomic E-state index is -0.0878. The molecule has 1 aliphatic heterocycles. The second-order valence-corrected chi connectivity index (χ2v) is 9.21. The van der Waals surface area contributed by atoms with Gasteiger partial charge in [-0.3, -0.25) is 14.7 Å². The van der Waals surface area contributed by atoms with Gasteiger partial charge in [0.05, 0.1) is 17.6 Å². The number of benzene rings is 1. The summed E-state index contributed by atoms with van der Waals surface area (Å²) in [6.45, 7) is 2.61. The number of rotatable bonds is 9. The van der Waals surface area contributed by atoms with Crippen LogP contribution in [-0.4, -0.2) is 56.0 Å². The summed E-state index contributed by atoms with van der Waals surface area (Å²) in [6.07, 6.45) is 6.71. The first kappa shape index (κ1) is 23.6. The van der Waals surface area contributed by atoms with Crippen molar-refractivity contribution >= 4 is 22.4 Å². The van der Waals surface area contributed by atoms with Gasteiger partial charge in [-0.25, -0.2) is 4.68 Å². The summed E-state index contributed by atoms with van der Waals surface area (Å²) >= 11 is 6.05. The van der Waals surface area contributed by atoms with E-state index in [1.165, 1.54) is 0 Å². The highest BCUT2D eigenvalue weighted by Gasteiger charge is 2.26. The molecule has 0 unspecified atom stereocenters. The van der Waals surface area contributed by atoms with Gasteiger partial charge in [-0.15, -0.1) is 0 Å². The first-order chi connectivity index (χ1) is 17.1. The molecular weight excluding hydrogens is 468 g/mol. The van der Waals surface area contributed by atoms with Gasteiger partial charge in [-0.1, -0.05) is 28.9 Å². The molecule has 0 bridgehead atoms. The Bertz CT molecular complexity index is 1350. The number of nitrogens with zero attached hydrogens (tertiary/aromatic N) is 6. The molecule has 0 radical (unpaired) electrons. The number of hydrogen-bond donors (Lipinski definition) is 0. The Morgan fingerprint density at radius 2 is 2.06 bits per heavy atom. The monoisotopic (exact) mass is 494 g/mol. The number of methoxy groups -OCH3 is 1. The molecule has 0 amide bonds. The average Bonchev–Trinajstić information content (AvgIpc) is 3.51. The van der Waals surface area contributed by atoms with E-state index in [-0.39, 0.29) is 11.6 Å². The molecular formula is C25H27ClN6O3. The third kappa shape index (κ3) is 5.42. The van der Waals surface area contributed by atoms with Crippen molar-refractivity contribution in [3.63, 3.8) is 0 Å². The first-order valence-electron chi connectivity index (χ1n) is 11.7. The highest BCUT2D eigenvalue weighted by atomic mass is 35.5.